The SMILES string of the molecule is CCn1cc(C(=O)NC(C)c2ncon2)c(=O)c2cc(Cl)ccc21. The lowest BCUT2D eigenvalue weighted by molar-refractivity contribution is 0.0936. The summed E-state index contributed by atoms with van der Waals surface area (Å²) in [5.41, 5.74) is 0.409. The summed E-state index contributed by atoms with van der Waals surface area (Å²) in [5, 5.41) is 7.23. The number of halogens is 1. The second-order valence-electron chi connectivity index (χ2n) is 5.30. The Morgan fingerprint density at radius 1 is 1.46 bits per heavy atom. The third-order valence-electron chi connectivity index (χ3n) is 3.74. The smallest absolute Gasteiger partial charge is 0.257 e. The Bertz CT molecular complexity index is 950. The van der Waals surface area contributed by atoms with Gasteiger partial charge >= 0.3 is 0 Å². The molecule has 0 bridgehead atoms. The van der Waals surface area contributed by atoms with Gasteiger partial charge in [-0.15, -0.1) is 0 Å². The van der Waals surface area contributed by atoms with Crippen molar-refractivity contribution in [1.82, 2.24) is 20.0 Å². The second-order valence-corrected chi connectivity index (χ2v) is 5.74. The molecule has 1 amide bonds. The van der Waals surface area contributed by atoms with Crippen LogP contribution in [0, 0.1) is 0 Å². The van der Waals surface area contributed by atoms with E-state index in [0.717, 1.165) is 5.52 Å². The summed E-state index contributed by atoms with van der Waals surface area (Å²) >= 11 is 5.99. The summed E-state index contributed by atoms with van der Waals surface area (Å²) in [6.07, 6.45) is 2.73. The normalized spacial score (nSPS) is 12.3. The van der Waals surface area contributed by atoms with Crippen LogP contribution in [0.25, 0.3) is 10.9 Å². The predicted molar refractivity (Wildman–Crippen MR) is 89.1 cm³/mol. The topological polar surface area (TPSA) is 90.0 Å². The number of nitrogens with one attached hydrogen (secondary N) is 1. The lowest BCUT2D eigenvalue weighted by atomic mass is 10.1. The molecule has 1 unspecified atom stereocenters. The van der Waals surface area contributed by atoms with E-state index in [1.807, 2.05) is 11.5 Å². The highest BCUT2D eigenvalue weighted by atomic mass is 35.5. The number of carbonyl (C=O) groups is 1. The summed E-state index contributed by atoms with van der Waals surface area (Å²) in [5.74, 6) is -0.163. The molecule has 3 aromatic rings. The first kappa shape index (κ1) is 16.2. The van der Waals surface area contributed by atoms with Crippen molar-refractivity contribution in [3.63, 3.8) is 0 Å². The predicted octanol–water partition coefficient (Wildman–Crippen LogP) is 2.55. The van der Waals surface area contributed by atoms with Crippen LogP contribution >= 0.6 is 11.6 Å². The molecule has 0 radical (unpaired) electrons. The number of nitrogens with zero attached hydrogens (tertiary/aromatic N) is 3. The third-order valence-corrected chi connectivity index (χ3v) is 3.98. The van der Waals surface area contributed by atoms with E-state index in [2.05, 4.69) is 20.0 Å². The Balaban J connectivity index is 2.04. The highest BCUT2D eigenvalue weighted by Gasteiger charge is 2.19. The minimum atomic E-state index is -0.499. The molecule has 1 N–H and O–H groups in total. The number of fused-ring (bicyclic) bond motifs is 1. The van der Waals surface area contributed by atoms with Crippen LogP contribution in [0.2, 0.25) is 5.02 Å². The van der Waals surface area contributed by atoms with Crippen LogP contribution < -0.4 is 10.7 Å². The van der Waals surface area contributed by atoms with E-state index in [0.29, 0.717) is 22.8 Å². The average Bonchev–Trinajstić information content (AvgIpc) is 3.10. The van der Waals surface area contributed by atoms with Gasteiger partial charge in [-0.1, -0.05) is 16.8 Å². The average molecular weight is 347 g/mol. The summed E-state index contributed by atoms with van der Waals surface area (Å²) in [6, 6.07) is 4.57. The Morgan fingerprint density at radius 2 is 2.25 bits per heavy atom. The van der Waals surface area contributed by atoms with Crippen molar-refractivity contribution in [3.05, 3.63) is 57.4 Å². The molecule has 124 valence electrons. The van der Waals surface area contributed by atoms with Gasteiger partial charge in [0.1, 0.15) is 5.56 Å². The number of aromatic nitrogens is 3. The molecule has 1 aromatic carbocycles. The highest BCUT2D eigenvalue weighted by molar-refractivity contribution is 6.31. The van der Waals surface area contributed by atoms with Crippen molar-refractivity contribution in [1.29, 1.82) is 0 Å². The molecule has 0 saturated carbocycles. The van der Waals surface area contributed by atoms with Crippen molar-refractivity contribution in [2.24, 2.45) is 0 Å². The molecule has 24 heavy (non-hydrogen) atoms. The lowest BCUT2D eigenvalue weighted by Gasteiger charge is -2.13. The fourth-order valence-corrected chi connectivity index (χ4v) is 2.67. The summed E-state index contributed by atoms with van der Waals surface area (Å²) in [7, 11) is 0. The molecule has 0 aliphatic carbocycles. The molecule has 0 aliphatic rings. The number of aryl methyl sites for hydroxylation is 1. The first-order chi connectivity index (χ1) is 11.5. The minimum Gasteiger partial charge on any atom is -0.347 e. The van der Waals surface area contributed by atoms with Crippen LogP contribution in [0.4, 0.5) is 0 Å². The maximum Gasteiger partial charge on any atom is 0.257 e. The number of carbonyl (C=O) groups excluding carboxylic acids is 1. The summed E-state index contributed by atoms with van der Waals surface area (Å²) in [6.45, 7) is 4.25. The Morgan fingerprint density at radius 3 is 2.92 bits per heavy atom. The van der Waals surface area contributed by atoms with E-state index in [-0.39, 0.29) is 11.0 Å². The Hall–Kier alpha value is -2.67. The van der Waals surface area contributed by atoms with Crippen LogP contribution in [0.15, 0.2) is 40.1 Å². The number of pyridine rings is 1. The van der Waals surface area contributed by atoms with Crippen molar-refractivity contribution in [2.75, 3.05) is 0 Å². The zero-order chi connectivity index (χ0) is 17.3. The van der Waals surface area contributed by atoms with Gasteiger partial charge in [0.05, 0.1) is 11.6 Å². The van der Waals surface area contributed by atoms with Crippen LogP contribution in [0.5, 0.6) is 0 Å². The fourth-order valence-electron chi connectivity index (χ4n) is 2.50. The van der Waals surface area contributed by atoms with Gasteiger partial charge in [0.2, 0.25) is 11.8 Å². The van der Waals surface area contributed by atoms with Gasteiger partial charge in [-0.05, 0) is 32.0 Å². The monoisotopic (exact) mass is 346 g/mol. The Kier molecular flexibility index (Phi) is 4.35. The van der Waals surface area contributed by atoms with Gasteiger partial charge < -0.3 is 14.4 Å². The zero-order valence-electron chi connectivity index (χ0n) is 13.1. The maximum atomic E-state index is 12.7. The zero-order valence-corrected chi connectivity index (χ0v) is 13.9. The molecule has 1 atom stereocenters. The molecular formula is C16H15ClN4O3. The lowest BCUT2D eigenvalue weighted by Crippen LogP contribution is -2.32. The van der Waals surface area contributed by atoms with E-state index >= 15 is 0 Å². The molecule has 0 fully saturated rings. The molecule has 7 nitrogen and oxygen atoms in total. The first-order valence-electron chi connectivity index (χ1n) is 7.41. The van der Waals surface area contributed by atoms with Crippen molar-refractivity contribution >= 4 is 28.4 Å². The van der Waals surface area contributed by atoms with Crippen molar-refractivity contribution in [3.8, 4) is 0 Å². The van der Waals surface area contributed by atoms with Crippen molar-refractivity contribution < 1.29 is 9.32 Å². The number of hydrogen-bond donors (Lipinski definition) is 1. The number of benzene rings is 1. The molecule has 3 rings (SSSR count). The van der Waals surface area contributed by atoms with E-state index in [9.17, 15) is 9.59 Å². The highest BCUT2D eigenvalue weighted by Crippen LogP contribution is 2.18. The molecule has 8 heteroatoms. The molecule has 2 heterocycles. The number of rotatable bonds is 4. The van der Waals surface area contributed by atoms with Gasteiger partial charge in [-0.2, -0.15) is 4.98 Å². The second kappa shape index (κ2) is 6.45. The van der Waals surface area contributed by atoms with Crippen LogP contribution in [0.1, 0.15) is 36.1 Å². The number of hydrogen-bond acceptors (Lipinski definition) is 5. The molecular weight excluding hydrogens is 332 g/mol. The fraction of sp³-hybridized carbons (Fsp3) is 0.250. The van der Waals surface area contributed by atoms with Gasteiger partial charge in [-0.25, -0.2) is 0 Å². The molecule has 2 aromatic heterocycles. The third kappa shape index (κ3) is 2.90. The largest absolute Gasteiger partial charge is 0.347 e. The number of amides is 1. The van der Waals surface area contributed by atoms with Gasteiger partial charge in [-0.3, -0.25) is 9.59 Å². The van der Waals surface area contributed by atoms with E-state index in [1.165, 1.54) is 6.39 Å². The van der Waals surface area contributed by atoms with E-state index in [4.69, 9.17) is 11.6 Å². The quantitative estimate of drug-likeness (QED) is 0.784. The first-order valence-corrected chi connectivity index (χ1v) is 7.79. The molecule has 0 spiro atoms. The molecule has 0 saturated heterocycles. The molecule has 0 aliphatic heterocycles. The minimum absolute atomic E-state index is 0.0435. The summed E-state index contributed by atoms with van der Waals surface area (Å²) < 4.78 is 6.50. The maximum absolute atomic E-state index is 12.7. The van der Waals surface area contributed by atoms with Crippen LogP contribution in [-0.4, -0.2) is 20.6 Å². The van der Waals surface area contributed by atoms with Gasteiger partial charge in [0, 0.05) is 23.2 Å². The van der Waals surface area contributed by atoms with Crippen LogP contribution in [0.3, 0.4) is 0 Å². The summed E-state index contributed by atoms with van der Waals surface area (Å²) in [4.78, 5) is 29.1. The van der Waals surface area contributed by atoms with Crippen molar-refractivity contribution in [2.45, 2.75) is 26.4 Å². The van der Waals surface area contributed by atoms with Gasteiger partial charge in [0.25, 0.3) is 5.91 Å². The van der Waals surface area contributed by atoms with Gasteiger partial charge in [0.15, 0.2) is 5.82 Å². The van der Waals surface area contributed by atoms with Crippen LogP contribution in [-0.2, 0) is 6.54 Å². The van der Waals surface area contributed by atoms with E-state index in [1.54, 1.807) is 31.3 Å². The Labute approximate surface area is 142 Å². The van der Waals surface area contributed by atoms with E-state index < -0.39 is 11.9 Å². The standard InChI is InChI=1S/C16H15ClN4O3/c1-3-21-7-12(14(22)11-6-10(17)4-5-13(11)21)16(23)19-9(2)15-18-8-24-20-15/h4-9H,3H2,1-2H3,(H,19,23).